The Morgan fingerprint density at radius 2 is 0.906 bits per heavy atom. The van der Waals surface area contributed by atoms with Crippen molar-refractivity contribution in [2.24, 2.45) is 0 Å². The zero-order valence-electron chi connectivity index (χ0n) is 28.6. The number of hydrogen-bond donors (Lipinski definition) is 0. The number of fused-ring (bicyclic) bond motifs is 4. The summed E-state index contributed by atoms with van der Waals surface area (Å²) in [7, 11) is 0. The van der Waals surface area contributed by atoms with Gasteiger partial charge in [-0.1, -0.05) is 170 Å². The van der Waals surface area contributed by atoms with Crippen LogP contribution in [0.5, 0.6) is 0 Å². The zero-order valence-corrected chi connectivity index (χ0v) is 28.6. The second-order valence-corrected chi connectivity index (χ2v) is 13.2. The highest BCUT2D eigenvalue weighted by molar-refractivity contribution is 6.12. The van der Waals surface area contributed by atoms with Crippen LogP contribution in [0.1, 0.15) is 0 Å². The molecule has 0 unspecified atom stereocenters. The molecule has 0 saturated carbocycles. The average Bonchev–Trinajstić information content (AvgIpc) is 3.63. The highest BCUT2D eigenvalue weighted by Gasteiger charge is 2.19. The van der Waals surface area contributed by atoms with Crippen LogP contribution in [0.4, 0.5) is 0 Å². The predicted molar refractivity (Wildman–Crippen MR) is 217 cm³/mol. The quantitative estimate of drug-likeness (QED) is 0.176. The molecule has 53 heavy (non-hydrogen) atoms. The summed E-state index contributed by atoms with van der Waals surface area (Å²) in [6, 6.07) is 65.2. The smallest absolute Gasteiger partial charge is 0.164 e. The maximum absolute atomic E-state index is 6.27. The lowest BCUT2D eigenvalue weighted by Crippen LogP contribution is -2.00. The van der Waals surface area contributed by atoms with Crippen LogP contribution in [0.15, 0.2) is 192 Å². The molecule has 0 radical (unpaired) electrons. The Labute approximate surface area is 306 Å². The molecule has 0 fully saturated rings. The molecule has 10 aromatic rings. The Balaban J connectivity index is 1.15. The van der Waals surface area contributed by atoms with Crippen molar-refractivity contribution in [2.75, 3.05) is 0 Å². The molecule has 248 valence electrons. The average molecular weight is 678 g/mol. The van der Waals surface area contributed by atoms with Crippen LogP contribution >= 0.6 is 0 Å². The Hall–Kier alpha value is -7.17. The molecule has 4 heteroatoms. The Morgan fingerprint density at radius 3 is 1.72 bits per heavy atom. The fraction of sp³-hybridized carbons (Fsp3) is 0. The van der Waals surface area contributed by atoms with E-state index in [1.165, 1.54) is 27.5 Å². The van der Waals surface area contributed by atoms with Crippen molar-refractivity contribution in [2.45, 2.75) is 0 Å². The molecule has 4 nitrogen and oxygen atoms in total. The van der Waals surface area contributed by atoms with E-state index in [9.17, 15) is 0 Å². The van der Waals surface area contributed by atoms with Crippen LogP contribution in [-0.4, -0.2) is 15.0 Å². The second-order valence-electron chi connectivity index (χ2n) is 13.2. The first-order chi connectivity index (χ1) is 26.3. The van der Waals surface area contributed by atoms with Crippen LogP contribution in [0.25, 0.3) is 100 Å². The number of aromatic nitrogens is 3. The standard InChI is InChI=1S/C49H31N3O/c1-3-13-32(14-4-1)37-18-11-19-38(31-37)48-50-47(51-49(52-48)42-22-12-24-44-46(42)41-21-9-10-23-43(41)53-44)36-27-25-35(26-28-36)45-39-20-8-7-17-34(39)29-30-40(45)33-15-5-2-6-16-33/h1-31H. The van der Waals surface area contributed by atoms with Gasteiger partial charge in [-0.15, -0.1) is 0 Å². The van der Waals surface area contributed by atoms with Crippen LogP contribution in [0, 0.1) is 0 Å². The summed E-state index contributed by atoms with van der Waals surface area (Å²) in [5, 5.41) is 4.44. The lowest BCUT2D eigenvalue weighted by molar-refractivity contribution is 0.669. The summed E-state index contributed by atoms with van der Waals surface area (Å²) in [6.07, 6.45) is 0. The molecule has 0 N–H and O–H groups in total. The third kappa shape index (κ3) is 5.54. The Kier molecular flexibility index (Phi) is 7.43. The van der Waals surface area contributed by atoms with E-state index in [1.54, 1.807) is 0 Å². The lowest BCUT2D eigenvalue weighted by Gasteiger charge is -2.15. The number of hydrogen-bond acceptors (Lipinski definition) is 4. The van der Waals surface area contributed by atoms with E-state index in [1.807, 2.05) is 36.4 Å². The van der Waals surface area contributed by atoms with E-state index in [4.69, 9.17) is 19.4 Å². The van der Waals surface area contributed by atoms with Gasteiger partial charge in [0.05, 0.1) is 0 Å². The fourth-order valence-electron chi connectivity index (χ4n) is 7.41. The molecule has 0 atom stereocenters. The van der Waals surface area contributed by atoms with Gasteiger partial charge in [0.2, 0.25) is 0 Å². The van der Waals surface area contributed by atoms with Crippen LogP contribution in [0.2, 0.25) is 0 Å². The highest BCUT2D eigenvalue weighted by atomic mass is 16.3. The first kappa shape index (κ1) is 30.6. The first-order valence-corrected chi connectivity index (χ1v) is 17.8. The van der Waals surface area contributed by atoms with E-state index >= 15 is 0 Å². The van der Waals surface area contributed by atoms with Gasteiger partial charge in [0.25, 0.3) is 0 Å². The minimum absolute atomic E-state index is 0.594. The molecule has 0 bridgehead atoms. The second kappa shape index (κ2) is 12.9. The van der Waals surface area contributed by atoms with Gasteiger partial charge in [0, 0.05) is 27.5 Å². The molecule has 0 aliphatic rings. The fourth-order valence-corrected chi connectivity index (χ4v) is 7.41. The maximum atomic E-state index is 6.27. The maximum Gasteiger partial charge on any atom is 0.164 e. The van der Waals surface area contributed by atoms with Crippen molar-refractivity contribution in [1.82, 2.24) is 15.0 Å². The van der Waals surface area contributed by atoms with Gasteiger partial charge in [0.1, 0.15) is 11.2 Å². The van der Waals surface area contributed by atoms with Gasteiger partial charge in [-0.05, 0) is 62.4 Å². The Morgan fingerprint density at radius 1 is 0.321 bits per heavy atom. The topological polar surface area (TPSA) is 51.8 Å². The number of benzene rings is 8. The minimum atomic E-state index is 0.594. The number of furan rings is 1. The van der Waals surface area contributed by atoms with E-state index in [0.29, 0.717) is 17.5 Å². The monoisotopic (exact) mass is 677 g/mol. The molecular weight excluding hydrogens is 647 g/mol. The van der Waals surface area contributed by atoms with E-state index in [2.05, 4.69) is 152 Å². The predicted octanol–water partition coefficient (Wildman–Crippen LogP) is 12.9. The summed E-state index contributed by atoms with van der Waals surface area (Å²) < 4.78 is 6.27. The van der Waals surface area contributed by atoms with Gasteiger partial charge in [-0.2, -0.15) is 0 Å². The summed E-state index contributed by atoms with van der Waals surface area (Å²) in [5.41, 5.74) is 11.3. The molecule has 2 heterocycles. The van der Waals surface area contributed by atoms with Crippen molar-refractivity contribution < 1.29 is 4.42 Å². The Bertz CT molecular complexity index is 2930. The van der Waals surface area contributed by atoms with Crippen molar-refractivity contribution in [3.05, 3.63) is 188 Å². The summed E-state index contributed by atoms with van der Waals surface area (Å²) in [6.45, 7) is 0. The molecule has 0 spiro atoms. The molecule has 0 saturated heterocycles. The molecule has 0 aliphatic carbocycles. The van der Waals surface area contributed by atoms with E-state index in [-0.39, 0.29) is 0 Å². The zero-order chi connectivity index (χ0) is 35.1. The third-order valence-corrected chi connectivity index (χ3v) is 9.95. The number of rotatable bonds is 6. The van der Waals surface area contributed by atoms with Gasteiger partial charge in [0.15, 0.2) is 17.5 Å². The van der Waals surface area contributed by atoms with Crippen LogP contribution < -0.4 is 0 Å². The summed E-state index contributed by atoms with van der Waals surface area (Å²) >= 11 is 0. The lowest BCUT2D eigenvalue weighted by atomic mass is 9.89. The SMILES string of the molecule is c1ccc(-c2cccc(-c3nc(-c4ccc(-c5c(-c6ccccc6)ccc6ccccc56)cc4)nc(-c4cccc5oc6ccccc6c45)n3)c2)cc1. The van der Waals surface area contributed by atoms with Crippen molar-refractivity contribution in [3.63, 3.8) is 0 Å². The number of nitrogens with zero attached hydrogens (tertiary/aromatic N) is 3. The first-order valence-electron chi connectivity index (χ1n) is 17.8. The van der Waals surface area contributed by atoms with Crippen molar-refractivity contribution in [1.29, 1.82) is 0 Å². The van der Waals surface area contributed by atoms with Crippen molar-refractivity contribution >= 4 is 32.7 Å². The van der Waals surface area contributed by atoms with Gasteiger partial charge in [-0.3, -0.25) is 0 Å². The normalized spacial score (nSPS) is 11.4. The molecule has 0 aliphatic heterocycles. The molecule has 8 aromatic carbocycles. The molecule has 10 rings (SSSR count). The third-order valence-electron chi connectivity index (χ3n) is 9.95. The van der Waals surface area contributed by atoms with E-state index in [0.717, 1.165) is 55.3 Å². The largest absolute Gasteiger partial charge is 0.456 e. The van der Waals surface area contributed by atoms with Crippen molar-refractivity contribution in [3.8, 4) is 67.5 Å². The minimum Gasteiger partial charge on any atom is -0.456 e. The van der Waals surface area contributed by atoms with Gasteiger partial charge >= 0.3 is 0 Å². The summed E-state index contributed by atoms with van der Waals surface area (Å²) in [4.78, 5) is 15.5. The molecule has 2 aromatic heterocycles. The van der Waals surface area contributed by atoms with E-state index < -0.39 is 0 Å². The summed E-state index contributed by atoms with van der Waals surface area (Å²) in [5.74, 6) is 1.81. The van der Waals surface area contributed by atoms with Crippen LogP contribution in [0.3, 0.4) is 0 Å². The van der Waals surface area contributed by atoms with Crippen LogP contribution in [-0.2, 0) is 0 Å². The van der Waals surface area contributed by atoms with Gasteiger partial charge < -0.3 is 4.42 Å². The van der Waals surface area contributed by atoms with Gasteiger partial charge in [-0.25, -0.2) is 15.0 Å². The molecular formula is C49H31N3O. The molecule has 0 amide bonds. The number of para-hydroxylation sites is 1. The highest BCUT2D eigenvalue weighted by Crippen LogP contribution is 2.40.